The molecule has 2 atom stereocenters. The maximum Gasteiger partial charge on any atom is 0.407 e. The molecule has 0 radical (unpaired) electrons. The summed E-state index contributed by atoms with van der Waals surface area (Å²) in [6.07, 6.45) is -2.39. The van der Waals surface area contributed by atoms with Crippen molar-refractivity contribution in [3.05, 3.63) is 0 Å². The fourth-order valence-corrected chi connectivity index (χ4v) is 3.78. The number of piperazine rings is 1. The Bertz CT molecular complexity index is 435. The average molecular weight is 332 g/mol. The van der Waals surface area contributed by atoms with Gasteiger partial charge in [0.1, 0.15) is 0 Å². The molecule has 128 valence electrons. The largest absolute Gasteiger partial charge is 0.465 e. The summed E-state index contributed by atoms with van der Waals surface area (Å²) in [4.78, 5) is 25.2. The Labute approximate surface area is 133 Å². The quantitative estimate of drug-likeness (QED) is 0.776. The average Bonchev–Trinajstić information content (AvgIpc) is 2.35. The lowest BCUT2D eigenvalue weighted by Gasteiger charge is -2.45. The summed E-state index contributed by atoms with van der Waals surface area (Å²) in [6.45, 7) is 12.9. The summed E-state index contributed by atoms with van der Waals surface area (Å²) in [6, 6.07) is -0.475. The molecular formula is C14H28N2O5Si. The van der Waals surface area contributed by atoms with Crippen LogP contribution in [0, 0.1) is 0 Å². The lowest BCUT2D eigenvalue weighted by molar-refractivity contribution is 0.0155. The molecule has 8 heteroatoms. The highest BCUT2D eigenvalue weighted by molar-refractivity contribution is 6.74. The highest BCUT2D eigenvalue weighted by Gasteiger charge is 2.43. The van der Waals surface area contributed by atoms with E-state index in [4.69, 9.17) is 9.53 Å². The van der Waals surface area contributed by atoms with Gasteiger partial charge in [-0.3, -0.25) is 4.90 Å². The number of carbonyl (C=O) groups is 2. The lowest BCUT2D eigenvalue weighted by Crippen LogP contribution is -2.61. The number of carboxylic acid groups (broad SMARTS) is 2. The number of hydrogen-bond acceptors (Lipinski definition) is 3. The second kappa shape index (κ2) is 6.45. The Kier molecular flexibility index (Phi) is 5.50. The van der Waals surface area contributed by atoms with E-state index in [1.54, 1.807) is 0 Å². The smallest absolute Gasteiger partial charge is 0.407 e. The van der Waals surface area contributed by atoms with E-state index in [9.17, 15) is 14.7 Å². The normalized spacial score (nSPS) is 21.6. The molecule has 2 N–H and O–H groups in total. The van der Waals surface area contributed by atoms with Crippen LogP contribution in [0.1, 0.15) is 27.7 Å². The first-order chi connectivity index (χ1) is 9.86. The molecule has 1 aliphatic rings. The molecular weight excluding hydrogens is 304 g/mol. The molecule has 0 spiro atoms. The molecule has 0 aliphatic carbocycles. The Morgan fingerprint density at radius 1 is 1.18 bits per heavy atom. The molecule has 0 aromatic carbocycles. The van der Waals surface area contributed by atoms with Crippen LogP contribution in [-0.2, 0) is 4.43 Å². The summed E-state index contributed by atoms with van der Waals surface area (Å²) < 4.78 is 6.26. The summed E-state index contributed by atoms with van der Waals surface area (Å²) in [5, 5.41) is 18.5. The maximum atomic E-state index is 11.4. The highest BCUT2D eigenvalue weighted by Crippen LogP contribution is 2.38. The van der Waals surface area contributed by atoms with Crippen molar-refractivity contribution < 1.29 is 24.2 Å². The maximum absolute atomic E-state index is 11.4. The van der Waals surface area contributed by atoms with Crippen molar-refractivity contribution in [2.45, 2.75) is 58.0 Å². The van der Waals surface area contributed by atoms with Crippen LogP contribution >= 0.6 is 0 Å². The molecule has 0 bridgehead atoms. The first-order valence-electron chi connectivity index (χ1n) is 7.52. The first kappa shape index (κ1) is 18.8. The predicted octanol–water partition coefficient (Wildman–Crippen LogP) is 2.74. The van der Waals surface area contributed by atoms with Gasteiger partial charge < -0.3 is 19.5 Å². The van der Waals surface area contributed by atoms with E-state index in [0.29, 0.717) is 0 Å². The zero-order valence-electron chi connectivity index (χ0n) is 14.3. The van der Waals surface area contributed by atoms with E-state index < -0.39 is 26.5 Å². The molecule has 0 saturated carbocycles. The molecule has 2 amide bonds. The van der Waals surface area contributed by atoms with Crippen LogP contribution in [0.15, 0.2) is 0 Å². The van der Waals surface area contributed by atoms with Crippen molar-refractivity contribution in [1.82, 2.24) is 9.80 Å². The van der Waals surface area contributed by atoms with Crippen molar-refractivity contribution >= 4 is 20.5 Å². The number of hydrogen-bond donors (Lipinski definition) is 2. The van der Waals surface area contributed by atoms with Gasteiger partial charge >= 0.3 is 12.2 Å². The predicted molar refractivity (Wildman–Crippen MR) is 85.9 cm³/mol. The van der Waals surface area contributed by atoms with Crippen LogP contribution in [0.25, 0.3) is 0 Å². The minimum absolute atomic E-state index is 0.0104. The zero-order valence-corrected chi connectivity index (χ0v) is 15.3. The SMILES string of the molecule is CC(O[Si](C)(C)C(C)(C)C)[C@H]1CN(C(=O)O)CCN1C(=O)O. The third kappa shape index (κ3) is 4.13. The molecule has 1 fully saturated rings. The van der Waals surface area contributed by atoms with Crippen molar-refractivity contribution in [2.75, 3.05) is 19.6 Å². The molecule has 1 saturated heterocycles. The lowest BCUT2D eigenvalue weighted by atomic mass is 10.1. The number of nitrogens with zero attached hydrogens (tertiary/aromatic N) is 2. The molecule has 1 aliphatic heterocycles. The van der Waals surface area contributed by atoms with Crippen LogP contribution in [0.2, 0.25) is 18.1 Å². The molecule has 1 unspecified atom stereocenters. The van der Waals surface area contributed by atoms with Gasteiger partial charge in [-0.05, 0) is 25.1 Å². The third-order valence-electron chi connectivity index (χ3n) is 4.76. The fourth-order valence-electron chi connectivity index (χ4n) is 2.34. The zero-order chi connectivity index (χ0) is 17.3. The van der Waals surface area contributed by atoms with Gasteiger partial charge in [0.25, 0.3) is 0 Å². The Hall–Kier alpha value is -1.28. The summed E-state index contributed by atoms with van der Waals surface area (Å²) in [5.74, 6) is 0. The molecule has 7 nitrogen and oxygen atoms in total. The van der Waals surface area contributed by atoms with Crippen molar-refractivity contribution in [3.63, 3.8) is 0 Å². The van der Waals surface area contributed by atoms with E-state index in [1.807, 2.05) is 6.92 Å². The molecule has 0 aromatic heterocycles. The van der Waals surface area contributed by atoms with E-state index in [0.717, 1.165) is 0 Å². The topological polar surface area (TPSA) is 90.3 Å². The monoisotopic (exact) mass is 332 g/mol. The standard InChI is InChI=1S/C14H28N2O5Si/c1-10(21-22(5,6)14(2,3)4)11-9-15(12(17)18)7-8-16(11)13(19)20/h10-11H,7-9H2,1-6H3,(H,17,18)(H,19,20)/t10?,11-/m1/s1. The van der Waals surface area contributed by atoms with Crippen LogP contribution in [0.3, 0.4) is 0 Å². The first-order valence-corrected chi connectivity index (χ1v) is 10.4. The van der Waals surface area contributed by atoms with Gasteiger partial charge in [0.05, 0.1) is 12.1 Å². The molecule has 22 heavy (non-hydrogen) atoms. The van der Waals surface area contributed by atoms with Gasteiger partial charge in [-0.2, -0.15) is 0 Å². The summed E-state index contributed by atoms with van der Waals surface area (Å²) in [5.41, 5.74) is 0. The minimum atomic E-state index is -2.05. The van der Waals surface area contributed by atoms with Crippen molar-refractivity contribution in [3.8, 4) is 0 Å². The van der Waals surface area contributed by atoms with Gasteiger partial charge in [-0.1, -0.05) is 20.8 Å². The molecule has 1 heterocycles. The van der Waals surface area contributed by atoms with E-state index >= 15 is 0 Å². The second-order valence-electron chi connectivity index (χ2n) is 7.36. The van der Waals surface area contributed by atoms with Crippen molar-refractivity contribution in [2.24, 2.45) is 0 Å². The fraction of sp³-hybridized carbons (Fsp3) is 0.857. The number of rotatable bonds is 3. The van der Waals surface area contributed by atoms with E-state index in [1.165, 1.54) is 9.80 Å². The molecule has 1 rings (SSSR count). The highest BCUT2D eigenvalue weighted by atomic mass is 28.4. The van der Waals surface area contributed by atoms with Gasteiger partial charge in [-0.15, -0.1) is 0 Å². The van der Waals surface area contributed by atoms with Crippen molar-refractivity contribution in [1.29, 1.82) is 0 Å². The van der Waals surface area contributed by atoms with E-state index in [2.05, 4.69) is 33.9 Å². The summed E-state index contributed by atoms with van der Waals surface area (Å²) >= 11 is 0. The van der Waals surface area contributed by atoms with Gasteiger partial charge in [0.2, 0.25) is 0 Å². The summed E-state index contributed by atoms with van der Waals surface area (Å²) in [7, 11) is -2.05. The van der Waals surface area contributed by atoms with Crippen LogP contribution in [0.4, 0.5) is 9.59 Å². The Morgan fingerprint density at radius 2 is 1.73 bits per heavy atom. The molecule has 0 aromatic rings. The van der Waals surface area contributed by atoms with Gasteiger partial charge in [-0.25, -0.2) is 9.59 Å². The minimum Gasteiger partial charge on any atom is -0.465 e. The van der Waals surface area contributed by atoms with E-state index in [-0.39, 0.29) is 30.8 Å². The van der Waals surface area contributed by atoms with Gasteiger partial charge in [0.15, 0.2) is 8.32 Å². The third-order valence-corrected chi connectivity index (χ3v) is 9.34. The van der Waals surface area contributed by atoms with Crippen LogP contribution in [-0.4, -0.2) is 72.3 Å². The van der Waals surface area contributed by atoms with Crippen LogP contribution in [0.5, 0.6) is 0 Å². The number of amides is 2. The Morgan fingerprint density at radius 3 is 2.14 bits per heavy atom. The van der Waals surface area contributed by atoms with Crippen LogP contribution < -0.4 is 0 Å². The van der Waals surface area contributed by atoms with Gasteiger partial charge in [0, 0.05) is 19.6 Å². The second-order valence-corrected chi connectivity index (χ2v) is 12.1. The Balaban J connectivity index is 2.91.